The molecule has 0 bridgehead atoms. The quantitative estimate of drug-likeness (QED) is 0.730. The second kappa shape index (κ2) is 4.58. The van der Waals surface area contributed by atoms with Gasteiger partial charge in [-0.25, -0.2) is 4.98 Å². The molecule has 0 radical (unpaired) electrons. The van der Waals surface area contributed by atoms with Gasteiger partial charge in [0.05, 0.1) is 0 Å². The van der Waals surface area contributed by atoms with Crippen molar-refractivity contribution in [3.8, 4) is 0 Å². The highest BCUT2D eigenvalue weighted by Crippen LogP contribution is 2.19. The summed E-state index contributed by atoms with van der Waals surface area (Å²) < 4.78 is 0. The monoisotopic (exact) mass is 217 g/mol. The van der Waals surface area contributed by atoms with E-state index in [2.05, 4.69) is 4.98 Å². The molecular weight excluding hydrogens is 209 g/mol. The standard InChI is InChI=1S/C9H9Cl2NO/c1-6(13)2-3-7-5-12-9(11)4-8(7)10/h4-5H,2-3H2,1H3. The molecule has 13 heavy (non-hydrogen) atoms. The fourth-order valence-corrected chi connectivity index (χ4v) is 1.39. The first kappa shape index (κ1) is 10.5. The summed E-state index contributed by atoms with van der Waals surface area (Å²) in [6.07, 6.45) is 2.72. The van der Waals surface area contributed by atoms with E-state index in [9.17, 15) is 4.79 Å². The van der Waals surface area contributed by atoms with E-state index in [4.69, 9.17) is 23.2 Å². The van der Waals surface area contributed by atoms with Gasteiger partial charge >= 0.3 is 0 Å². The molecular formula is C9H9Cl2NO. The Labute approximate surface area is 86.9 Å². The molecule has 1 rings (SSSR count). The van der Waals surface area contributed by atoms with Gasteiger partial charge in [-0.3, -0.25) is 0 Å². The van der Waals surface area contributed by atoms with Gasteiger partial charge in [-0.15, -0.1) is 0 Å². The zero-order valence-electron chi connectivity index (χ0n) is 7.18. The van der Waals surface area contributed by atoms with Crippen molar-refractivity contribution in [1.29, 1.82) is 0 Å². The van der Waals surface area contributed by atoms with E-state index in [1.165, 1.54) is 0 Å². The molecule has 0 unspecified atom stereocenters. The summed E-state index contributed by atoms with van der Waals surface area (Å²) in [6, 6.07) is 1.58. The van der Waals surface area contributed by atoms with Crippen molar-refractivity contribution in [3.05, 3.63) is 28.0 Å². The molecule has 0 aliphatic rings. The average Bonchev–Trinajstić information content (AvgIpc) is 2.02. The second-order valence-corrected chi connectivity index (χ2v) is 3.59. The van der Waals surface area contributed by atoms with E-state index >= 15 is 0 Å². The number of hydrogen-bond acceptors (Lipinski definition) is 2. The van der Waals surface area contributed by atoms with Gasteiger partial charge in [-0.05, 0) is 25.0 Å². The third kappa shape index (κ3) is 3.33. The van der Waals surface area contributed by atoms with Crippen molar-refractivity contribution in [2.24, 2.45) is 0 Å². The van der Waals surface area contributed by atoms with E-state index < -0.39 is 0 Å². The first-order valence-corrected chi connectivity index (χ1v) is 4.64. The fraction of sp³-hybridized carbons (Fsp3) is 0.333. The number of halogens is 2. The van der Waals surface area contributed by atoms with Gasteiger partial charge in [0.1, 0.15) is 10.9 Å². The van der Waals surface area contributed by atoms with Crippen LogP contribution < -0.4 is 0 Å². The molecule has 0 fully saturated rings. The van der Waals surface area contributed by atoms with E-state index in [1.54, 1.807) is 19.2 Å². The third-order valence-corrected chi connectivity index (χ3v) is 2.20. The Morgan fingerprint density at radius 3 is 2.77 bits per heavy atom. The Kier molecular flexibility index (Phi) is 3.70. The number of ketones is 1. The topological polar surface area (TPSA) is 30.0 Å². The lowest BCUT2D eigenvalue weighted by Crippen LogP contribution is -1.95. The molecule has 70 valence electrons. The number of rotatable bonds is 3. The molecule has 1 aromatic heterocycles. The fourth-order valence-electron chi connectivity index (χ4n) is 0.930. The van der Waals surface area contributed by atoms with Gasteiger partial charge in [0.25, 0.3) is 0 Å². The molecule has 4 heteroatoms. The number of nitrogens with zero attached hydrogens (tertiary/aromatic N) is 1. The smallest absolute Gasteiger partial charge is 0.130 e. The Morgan fingerprint density at radius 1 is 1.54 bits per heavy atom. The molecule has 1 heterocycles. The Hall–Kier alpha value is -0.600. The Balaban J connectivity index is 2.72. The molecule has 0 aliphatic carbocycles. The lowest BCUT2D eigenvalue weighted by molar-refractivity contribution is -0.116. The highest BCUT2D eigenvalue weighted by Gasteiger charge is 2.03. The third-order valence-electron chi connectivity index (χ3n) is 1.64. The molecule has 0 amide bonds. The molecule has 1 aromatic rings. The van der Waals surface area contributed by atoms with Crippen LogP contribution in [0.25, 0.3) is 0 Å². The lowest BCUT2D eigenvalue weighted by Gasteiger charge is -2.01. The Morgan fingerprint density at radius 2 is 2.23 bits per heavy atom. The summed E-state index contributed by atoms with van der Waals surface area (Å²) >= 11 is 11.5. The number of carbonyl (C=O) groups excluding carboxylic acids is 1. The van der Waals surface area contributed by atoms with Crippen LogP contribution in [0, 0.1) is 0 Å². The maximum Gasteiger partial charge on any atom is 0.130 e. The van der Waals surface area contributed by atoms with E-state index in [1.807, 2.05) is 0 Å². The molecule has 0 saturated carbocycles. The minimum Gasteiger partial charge on any atom is -0.300 e. The summed E-state index contributed by atoms with van der Waals surface area (Å²) in [5.41, 5.74) is 0.862. The molecule has 2 nitrogen and oxygen atoms in total. The summed E-state index contributed by atoms with van der Waals surface area (Å²) in [4.78, 5) is 14.6. The van der Waals surface area contributed by atoms with Gasteiger partial charge in [0.15, 0.2) is 0 Å². The Bertz CT molecular complexity index is 325. The van der Waals surface area contributed by atoms with Gasteiger partial charge in [0, 0.05) is 17.6 Å². The minimum atomic E-state index is 0.144. The van der Waals surface area contributed by atoms with Crippen molar-refractivity contribution in [3.63, 3.8) is 0 Å². The normalized spacial score (nSPS) is 10.1. The van der Waals surface area contributed by atoms with E-state index in [-0.39, 0.29) is 5.78 Å². The number of hydrogen-bond donors (Lipinski definition) is 0. The molecule has 0 spiro atoms. The van der Waals surface area contributed by atoms with Crippen LogP contribution in [-0.4, -0.2) is 10.8 Å². The maximum atomic E-state index is 10.7. The van der Waals surface area contributed by atoms with Crippen LogP contribution in [0.5, 0.6) is 0 Å². The van der Waals surface area contributed by atoms with Crippen LogP contribution in [0.2, 0.25) is 10.2 Å². The molecule has 0 N–H and O–H groups in total. The second-order valence-electron chi connectivity index (χ2n) is 2.80. The van der Waals surface area contributed by atoms with Crippen molar-refractivity contribution >= 4 is 29.0 Å². The van der Waals surface area contributed by atoms with Crippen LogP contribution >= 0.6 is 23.2 Å². The van der Waals surface area contributed by atoms with Crippen LogP contribution in [0.1, 0.15) is 18.9 Å². The summed E-state index contributed by atoms with van der Waals surface area (Å²) in [5.74, 6) is 0.144. The molecule has 0 aliphatic heterocycles. The first-order valence-electron chi connectivity index (χ1n) is 3.89. The number of aromatic nitrogens is 1. The van der Waals surface area contributed by atoms with Crippen molar-refractivity contribution in [1.82, 2.24) is 4.98 Å². The van der Waals surface area contributed by atoms with Gasteiger partial charge in [-0.2, -0.15) is 0 Å². The highest BCUT2D eigenvalue weighted by molar-refractivity contribution is 6.34. The predicted molar refractivity (Wildman–Crippen MR) is 53.3 cm³/mol. The number of pyridine rings is 1. The van der Waals surface area contributed by atoms with Gasteiger partial charge < -0.3 is 4.79 Å². The number of carbonyl (C=O) groups is 1. The number of Topliss-reactive ketones (excluding diaryl/α,β-unsaturated/α-hetero) is 1. The molecule has 0 atom stereocenters. The SMILES string of the molecule is CC(=O)CCc1cnc(Cl)cc1Cl. The molecule has 0 saturated heterocycles. The largest absolute Gasteiger partial charge is 0.300 e. The first-order chi connectivity index (χ1) is 6.09. The predicted octanol–water partition coefficient (Wildman–Crippen LogP) is 2.91. The lowest BCUT2D eigenvalue weighted by atomic mass is 10.1. The van der Waals surface area contributed by atoms with Crippen molar-refractivity contribution < 1.29 is 4.79 Å². The maximum absolute atomic E-state index is 10.7. The van der Waals surface area contributed by atoms with E-state index in [0.717, 1.165) is 5.56 Å². The summed E-state index contributed by atoms with van der Waals surface area (Å²) in [7, 11) is 0. The van der Waals surface area contributed by atoms with Crippen LogP contribution in [-0.2, 0) is 11.2 Å². The van der Waals surface area contributed by atoms with Crippen LogP contribution in [0.3, 0.4) is 0 Å². The average molecular weight is 218 g/mol. The van der Waals surface area contributed by atoms with E-state index in [0.29, 0.717) is 23.0 Å². The van der Waals surface area contributed by atoms with Gasteiger partial charge in [0.2, 0.25) is 0 Å². The minimum absolute atomic E-state index is 0.144. The van der Waals surface area contributed by atoms with Crippen LogP contribution in [0.15, 0.2) is 12.3 Å². The number of aryl methyl sites for hydroxylation is 1. The van der Waals surface area contributed by atoms with Crippen molar-refractivity contribution in [2.45, 2.75) is 19.8 Å². The summed E-state index contributed by atoms with van der Waals surface area (Å²) in [5, 5.41) is 0.942. The molecule has 0 aromatic carbocycles. The van der Waals surface area contributed by atoms with Crippen molar-refractivity contribution in [2.75, 3.05) is 0 Å². The van der Waals surface area contributed by atoms with Gasteiger partial charge in [-0.1, -0.05) is 23.2 Å². The van der Waals surface area contributed by atoms with Crippen LogP contribution in [0.4, 0.5) is 0 Å². The zero-order chi connectivity index (χ0) is 9.84. The highest BCUT2D eigenvalue weighted by atomic mass is 35.5. The summed E-state index contributed by atoms with van der Waals surface area (Å²) in [6.45, 7) is 1.55. The zero-order valence-corrected chi connectivity index (χ0v) is 8.69.